The third kappa shape index (κ3) is 13.7. The highest BCUT2D eigenvalue weighted by Crippen LogP contribution is 2.51. The van der Waals surface area contributed by atoms with E-state index in [1.54, 1.807) is 25.1 Å². The minimum atomic E-state index is -4.19. The Bertz CT molecular complexity index is 3530. The van der Waals surface area contributed by atoms with Gasteiger partial charge in [-0.1, -0.05) is 145 Å². The van der Waals surface area contributed by atoms with Gasteiger partial charge in [0.1, 0.15) is 11.8 Å². The van der Waals surface area contributed by atoms with E-state index in [0.717, 1.165) is 27.2 Å². The summed E-state index contributed by atoms with van der Waals surface area (Å²) in [6.07, 6.45) is -0.109. The second-order valence-corrected chi connectivity index (χ2v) is 20.5. The summed E-state index contributed by atoms with van der Waals surface area (Å²) in [5, 5.41) is 25.6. The van der Waals surface area contributed by atoms with Crippen molar-refractivity contribution >= 4 is 66.2 Å². The molecule has 0 spiro atoms. The molecule has 0 bridgehead atoms. The predicted octanol–water partition coefficient (Wildman–Crippen LogP) is 10.1. The number of nitrogens with zero attached hydrogens (tertiary/aromatic N) is 10. The van der Waals surface area contributed by atoms with Crippen LogP contribution in [0.4, 0.5) is 27.9 Å². The van der Waals surface area contributed by atoms with E-state index in [-0.39, 0.29) is 64.8 Å². The van der Waals surface area contributed by atoms with Crippen LogP contribution < -0.4 is 25.0 Å². The first-order chi connectivity index (χ1) is 39.3. The van der Waals surface area contributed by atoms with E-state index in [1.807, 2.05) is 143 Å². The summed E-state index contributed by atoms with van der Waals surface area (Å²) < 4.78 is 43.8. The lowest BCUT2D eigenvalue weighted by molar-refractivity contribution is -0.150. The van der Waals surface area contributed by atoms with Crippen LogP contribution in [0.3, 0.4) is 0 Å². The van der Waals surface area contributed by atoms with Crippen molar-refractivity contribution < 1.29 is 42.0 Å². The molecule has 0 unspecified atom stereocenters. The zero-order valence-corrected chi connectivity index (χ0v) is 45.8. The van der Waals surface area contributed by atoms with Crippen molar-refractivity contribution in [2.75, 3.05) is 54.2 Å². The number of nitriles is 2. The zero-order valence-electron chi connectivity index (χ0n) is 44.2. The molecule has 1 fully saturated rings. The van der Waals surface area contributed by atoms with Gasteiger partial charge in [-0.3, -0.25) is 23.5 Å². The average Bonchev–Trinajstić information content (AvgIpc) is 4.15. The molecule has 2 aromatic heterocycles. The first-order valence-electron chi connectivity index (χ1n) is 25.8. The number of anilines is 4. The summed E-state index contributed by atoms with van der Waals surface area (Å²) in [6, 6.07) is 50.2. The Morgan fingerprint density at radius 2 is 1.35 bits per heavy atom. The molecule has 0 aliphatic carbocycles. The van der Waals surface area contributed by atoms with Crippen LogP contribution in [0.2, 0.25) is 5.02 Å². The van der Waals surface area contributed by atoms with Gasteiger partial charge in [0.2, 0.25) is 12.7 Å². The van der Waals surface area contributed by atoms with Crippen molar-refractivity contribution in [1.29, 1.82) is 10.5 Å². The van der Waals surface area contributed by atoms with Crippen LogP contribution in [0.5, 0.6) is 5.75 Å². The summed E-state index contributed by atoms with van der Waals surface area (Å²) in [5.74, 6) is -1.23. The van der Waals surface area contributed by atoms with E-state index >= 15 is 0 Å². The molecule has 2 amide bonds. The number of nitrogens with two attached hydrogens (primary N) is 1. The zero-order chi connectivity index (χ0) is 56.9. The highest BCUT2D eigenvalue weighted by atomic mass is 35.5. The number of carbonyl (C=O) groups excluding carboxylic acids is 3. The number of amides is 2. The monoisotopic (exact) mass is 1130 g/mol. The average molecular weight is 1130 g/mol. The number of aromatic nitrogens is 4. The molecule has 1 aliphatic heterocycles. The fraction of sp³-hybridized carbons (Fsp3) is 0.220. The Kier molecular flexibility index (Phi) is 18.3. The molecule has 412 valence electrons. The van der Waals surface area contributed by atoms with E-state index in [9.17, 15) is 29.5 Å². The minimum absolute atomic E-state index is 0.00354. The molecular formula is C59H55ClN11O9P. The Labute approximate surface area is 472 Å². The van der Waals surface area contributed by atoms with Crippen LogP contribution in [0.25, 0.3) is 5.65 Å². The molecular weight excluding hydrogens is 1070 g/mol. The molecule has 0 radical (unpaired) electrons. The SMILES string of the molecule is CCN(c1nc(N(C(=O)OCOC(=O)Cc2ccc(OP(=O)(OCc3ccccc3)OCc3ccccc3)cc2)c2cc(C#N)cc(N3CCN([C@@H](C)C(N)=O)CC3)c2Cl)nn2c(C#N)cnc12)C(c1ccccc1)c1ccccc1. The van der Waals surface area contributed by atoms with Crippen LogP contribution in [0.1, 0.15) is 59.0 Å². The standard InChI is InChI=1S/C59H55ClN11O9P/c1-3-69(54(46-20-12-6-13-21-46)47-22-14-7-15-23-47)57-56-64-37-48(36-62)71(56)66-58(65-57)70(51-33-45(35-61)32-50(53(51)60)68-30-28-67(29-31-68)41(2)55(63)73)59(74)77-40-76-52(72)34-42-24-26-49(27-25-42)80-81(75,78-38-43-16-8-4-9-17-43)79-39-44-18-10-5-11-19-44/h4-27,32-33,37,41,54H,3,28-31,34,38-40H2,1-2H3,(H2,63,73)/t41-/m0/s1. The highest BCUT2D eigenvalue weighted by Gasteiger charge is 2.35. The molecule has 22 heteroatoms. The molecule has 2 N–H and O–H groups in total. The molecule has 20 nitrogen and oxygen atoms in total. The van der Waals surface area contributed by atoms with Crippen molar-refractivity contribution in [1.82, 2.24) is 24.5 Å². The molecule has 1 atom stereocenters. The first-order valence-corrected chi connectivity index (χ1v) is 27.6. The predicted molar refractivity (Wildman–Crippen MR) is 302 cm³/mol. The van der Waals surface area contributed by atoms with Crippen LogP contribution in [-0.4, -0.2) is 88.0 Å². The number of phosphoric ester groups is 1. The Morgan fingerprint density at radius 3 is 1.89 bits per heavy atom. The molecule has 0 saturated carbocycles. The molecule has 8 aromatic rings. The summed E-state index contributed by atoms with van der Waals surface area (Å²) >= 11 is 7.36. The minimum Gasteiger partial charge on any atom is -0.428 e. The molecule has 1 aliphatic rings. The Balaban J connectivity index is 1.00. The smallest absolute Gasteiger partial charge is 0.428 e. The number of rotatable bonds is 22. The van der Waals surface area contributed by atoms with Crippen LogP contribution >= 0.6 is 19.4 Å². The van der Waals surface area contributed by atoms with Crippen LogP contribution in [0, 0.1) is 22.7 Å². The van der Waals surface area contributed by atoms with E-state index in [0.29, 0.717) is 44.0 Å². The van der Waals surface area contributed by atoms with Gasteiger partial charge in [0.25, 0.3) is 5.95 Å². The topological polar surface area (TPSA) is 244 Å². The number of phosphoric acid groups is 1. The van der Waals surface area contributed by atoms with E-state index < -0.39 is 44.7 Å². The van der Waals surface area contributed by atoms with Crippen molar-refractivity contribution in [2.45, 2.75) is 45.6 Å². The first kappa shape index (κ1) is 56.6. The van der Waals surface area contributed by atoms with Gasteiger partial charge in [0.05, 0.1) is 65.9 Å². The molecule has 1 saturated heterocycles. The van der Waals surface area contributed by atoms with Gasteiger partial charge in [0.15, 0.2) is 17.2 Å². The summed E-state index contributed by atoms with van der Waals surface area (Å²) in [6.45, 7) is 4.60. The quantitative estimate of drug-likeness (QED) is 0.0377. The van der Waals surface area contributed by atoms with Gasteiger partial charge in [0, 0.05) is 32.7 Å². The summed E-state index contributed by atoms with van der Waals surface area (Å²) in [7, 11) is -4.19. The van der Waals surface area contributed by atoms with Crippen molar-refractivity contribution in [3.63, 3.8) is 0 Å². The second kappa shape index (κ2) is 26.2. The van der Waals surface area contributed by atoms with Crippen molar-refractivity contribution in [2.24, 2.45) is 5.73 Å². The van der Waals surface area contributed by atoms with Crippen LogP contribution in [0.15, 0.2) is 164 Å². The number of hydrogen-bond donors (Lipinski definition) is 1. The van der Waals surface area contributed by atoms with E-state index in [1.165, 1.54) is 28.9 Å². The summed E-state index contributed by atoms with van der Waals surface area (Å²) in [4.78, 5) is 56.9. The van der Waals surface area contributed by atoms with E-state index in [2.05, 4.69) is 17.1 Å². The van der Waals surface area contributed by atoms with Crippen molar-refractivity contribution in [3.05, 3.63) is 208 Å². The van der Waals surface area contributed by atoms with Gasteiger partial charge in [-0.05, 0) is 65.9 Å². The third-order valence-electron chi connectivity index (χ3n) is 13.4. The Morgan fingerprint density at radius 1 is 0.765 bits per heavy atom. The lowest BCUT2D eigenvalue weighted by atomic mass is 9.97. The highest BCUT2D eigenvalue weighted by molar-refractivity contribution is 7.48. The van der Waals surface area contributed by atoms with Gasteiger partial charge in [-0.25, -0.2) is 19.2 Å². The number of ether oxygens (including phenoxy) is 2. The van der Waals surface area contributed by atoms with Crippen molar-refractivity contribution in [3.8, 4) is 17.9 Å². The van der Waals surface area contributed by atoms with Crippen LogP contribution in [-0.2, 0) is 52.3 Å². The second-order valence-electron chi connectivity index (χ2n) is 18.5. The maximum atomic E-state index is 14.9. The number of imidazole rings is 1. The number of primary amides is 1. The Hall–Kier alpha value is -9.14. The number of benzene rings is 6. The van der Waals surface area contributed by atoms with Gasteiger partial charge in [-0.2, -0.15) is 20.0 Å². The number of fused-ring (bicyclic) bond motifs is 1. The fourth-order valence-corrected chi connectivity index (χ4v) is 10.6. The molecule has 81 heavy (non-hydrogen) atoms. The molecule has 3 heterocycles. The lowest BCUT2D eigenvalue weighted by Crippen LogP contribution is -2.53. The normalized spacial score (nSPS) is 13.0. The summed E-state index contributed by atoms with van der Waals surface area (Å²) in [5.41, 5.74) is 10.0. The van der Waals surface area contributed by atoms with Gasteiger partial charge >= 0.3 is 19.9 Å². The van der Waals surface area contributed by atoms with Gasteiger partial charge < -0.3 is 29.5 Å². The molecule has 6 aromatic carbocycles. The maximum Gasteiger partial charge on any atom is 0.530 e. The largest absolute Gasteiger partial charge is 0.530 e. The number of carbonyl (C=O) groups is 3. The number of halogens is 1. The molecule has 9 rings (SSSR count). The van der Waals surface area contributed by atoms with Gasteiger partial charge in [-0.15, -0.1) is 5.10 Å². The third-order valence-corrected chi connectivity index (χ3v) is 15.1. The van der Waals surface area contributed by atoms with E-state index in [4.69, 9.17) is 50.5 Å². The number of esters is 1. The number of piperazine rings is 1. The lowest BCUT2D eigenvalue weighted by Gasteiger charge is -2.38. The fourth-order valence-electron chi connectivity index (χ4n) is 9.14. The maximum absolute atomic E-state index is 14.9. The number of hydrogen-bond acceptors (Lipinski definition) is 17.